The first-order valence-electron chi connectivity index (χ1n) is 9.02. The summed E-state index contributed by atoms with van der Waals surface area (Å²) in [5.74, 6) is 0.327. The summed E-state index contributed by atoms with van der Waals surface area (Å²) in [4.78, 5) is 24.3. The lowest BCUT2D eigenvalue weighted by molar-refractivity contribution is -0.114. The van der Waals surface area contributed by atoms with E-state index in [1.165, 1.54) is 0 Å². The lowest BCUT2D eigenvalue weighted by Crippen LogP contribution is -2.23. The molecule has 0 radical (unpaired) electrons. The Hall–Kier alpha value is -3.54. The van der Waals surface area contributed by atoms with Gasteiger partial charge in [0.1, 0.15) is 5.76 Å². The molecule has 3 rings (SSSR count). The zero-order valence-corrected chi connectivity index (χ0v) is 15.9. The van der Waals surface area contributed by atoms with Crippen molar-refractivity contribution in [1.29, 1.82) is 0 Å². The van der Waals surface area contributed by atoms with E-state index in [2.05, 4.69) is 22.0 Å². The molecule has 2 amide bonds. The molecule has 0 bridgehead atoms. The molecule has 0 aliphatic heterocycles. The Morgan fingerprint density at radius 3 is 2.29 bits per heavy atom. The molecule has 0 aliphatic rings. The standard InChI is InChI=1S/C22H23N3O3/c1-15-10-16(2)12-19(11-15)23-14-21(26)25-18-7-5-17(6-8-18)22(27)24-13-20-4-3-9-28-20/h3-12,23H,13-14H2,1-2H3,(H,24,27)(H,25,26). The maximum Gasteiger partial charge on any atom is 0.251 e. The summed E-state index contributed by atoms with van der Waals surface area (Å²) in [7, 11) is 0. The zero-order valence-electron chi connectivity index (χ0n) is 15.9. The van der Waals surface area contributed by atoms with Gasteiger partial charge in [0.2, 0.25) is 5.91 Å². The topological polar surface area (TPSA) is 83.4 Å². The van der Waals surface area contributed by atoms with Gasteiger partial charge in [-0.3, -0.25) is 9.59 Å². The number of amides is 2. The van der Waals surface area contributed by atoms with E-state index in [0.717, 1.165) is 16.8 Å². The summed E-state index contributed by atoms with van der Waals surface area (Å²) in [6.07, 6.45) is 1.56. The third-order valence-corrected chi connectivity index (χ3v) is 4.11. The van der Waals surface area contributed by atoms with E-state index in [-0.39, 0.29) is 18.4 Å². The van der Waals surface area contributed by atoms with Crippen LogP contribution < -0.4 is 16.0 Å². The highest BCUT2D eigenvalue weighted by Gasteiger charge is 2.08. The van der Waals surface area contributed by atoms with Gasteiger partial charge >= 0.3 is 0 Å². The van der Waals surface area contributed by atoms with Crippen molar-refractivity contribution in [3.8, 4) is 0 Å². The smallest absolute Gasteiger partial charge is 0.251 e. The normalized spacial score (nSPS) is 10.4. The van der Waals surface area contributed by atoms with Crippen molar-refractivity contribution >= 4 is 23.2 Å². The van der Waals surface area contributed by atoms with Gasteiger partial charge in [0.05, 0.1) is 19.4 Å². The molecule has 1 aromatic heterocycles. The quantitative estimate of drug-likeness (QED) is 0.583. The van der Waals surface area contributed by atoms with Crippen LogP contribution >= 0.6 is 0 Å². The minimum atomic E-state index is -0.203. The van der Waals surface area contributed by atoms with Gasteiger partial charge in [-0.15, -0.1) is 0 Å². The third-order valence-electron chi connectivity index (χ3n) is 4.11. The molecule has 3 N–H and O–H groups in total. The molecule has 0 aliphatic carbocycles. The molecule has 0 saturated heterocycles. The van der Waals surface area contributed by atoms with Crippen LogP contribution in [0.5, 0.6) is 0 Å². The maximum absolute atomic E-state index is 12.1. The van der Waals surface area contributed by atoms with E-state index in [1.54, 1.807) is 42.7 Å². The van der Waals surface area contributed by atoms with Crippen molar-refractivity contribution in [2.45, 2.75) is 20.4 Å². The molecule has 0 unspecified atom stereocenters. The average molecular weight is 377 g/mol. The first kappa shape index (κ1) is 19.2. The van der Waals surface area contributed by atoms with Gasteiger partial charge in [0, 0.05) is 16.9 Å². The second-order valence-electron chi connectivity index (χ2n) is 6.62. The number of carbonyl (C=O) groups is 2. The Labute approximate surface area is 164 Å². The highest BCUT2D eigenvalue weighted by atomic mass is 16.3. The van der Waals surface area contributed by atoms with Crippen LogP contribution in [0.4, 0.5) is 11.4 Å². The summed E-state index contributed by atoms with van der Waals surface area (Å²) in [5.41, 5.74) is 4.34. The number of furan rings is 1. The first-order valence-corrected chi connectivity index (χ1v) is 9.02. The predicted molar refractivity (Wildman–Crippen MR) is 109 cm³/mol. The SMILES string of the molecule is Cc1cc(C)cc(NCC(=O)Nc2ccc(C(=O)NCc3ccco3)cc2)c1. The highest BCUT2D eigenvalue weighted by Crippen LogP contribution is 2.14. The second-order valence-corrected chi connectivity index (χ2v) is 6.62. The summed E-state index contributed by atoms with van der Waals surface area (Å²) in [6, 6.07) is 16.4. The van der Waals surface area contributed by atoms with Gasteiger partial charge in [-0.05, 0) is 73.5 Å². The van der Waals surface area contributed by atoms with Crippen LogP contribution in [0.2, 0.25) is 0 Å². The molecular formula is C22H23N3O3. The predicted octanol–water partition coefficient (Wildman–Crippen LogP) is 3.88. The van der Waals surface area contributed by atoms with Crippen molar-refractivity contribution in [2.75, 3.05) is 17.2 Å². The third kappa shape index (κ3) is 5.48. The molecule has 144 valence electrons. The van der Waals surface area contributed by atoms with E-state index in [1.807, 2.05) is 26.0 Å². The molecule has 6 nitrogen and oxygen atoms in total. The number of carbonyl (C=O) groups excluding carboxylic acids is 2. The Morgan fingerprint density at radius 2 is 1.64 bits per heavy atom. The van der Waals surface area contributed by atoms with Gasteiger partial charge < -0.3 is 20.4 Å². The van der Waals surface area contributed by atoms with Crippen LogP contribution in [0, 0.1) is 13.8 Å². The summed E-state index contributed by atoms with van der Waals surface area (Å²) in [6.45, 7) is 4.53. The monoisotopic (exact) mass is 377 g/mol. The molecule has 0 saturated carbocycles. The first-order chi connectivity index (χ1) is 13.5. The summed E-state index contributed by atoms with van der Waals surface area (Å²) < 4.78 is 5.18. The fourth-order valence-corrected chi connectivity index (χ4v) is 2.85. The number of nitrogens with one attached hydrogen (secondary N) is 3. The van der Waals surface area contributed by atoms with Crippen LogP contribution in [0.1, 0.15) is 27.2 Å². The number of rotatable bonds is 7. The van der Waals surface area contributed by atoms with Crippen molar-refractivity contribution in [3.63, 3.8) is 0 Å². The van der Waals surface area contributed by atoms with Crippen LogP contribution in [-0.4, -0.2) is 18.4 Å². The molecule has 6 heteroatoms. The molecule has 2 aromatic carbocycles. The zero-order chi connectivity index (χ0) is 19.9. The fourth-order valence-electron chi connectivity index (χ4n) is 2.85. The number of anilines is 2. The Bertz CT molecular complexity index is 927. The summed E-state index contributed by atoms with van der Waals surface area (Å²) in [5, 5.41) is 8.71. The van der Waals surface area contributed by atoms with Crippen molar-refractivity contribution in [3.05, 3.63) is 83.3 Å². The fraction of sp³-hybridized carbons (Fsp3) is 0.182. The lowest BCUT2D eigenvalue weighted by Gasteiger charge is -2.10. The number of hydrogen-bond donors (Lipinski definition) is 3. The van der Waals surface area contributed by atoms with Gasteiger partial charge in [-0.2, -0.15) is 0 Å². The van der Waals surface area contributed by atoms with Crippen LogP contribution in [0.3, 0.4) is 0 Å². The van der Waals surface area contributed by atoms with Crippen LogP contribution in [0.25, 0.3) is 0 Å². The maximum atomic E-state index is 12.1. The number of benzene rings is 2. The molecule has 0 atom stereocenters. The van der Waals surface area contributed by atoms with Crippen molar-refractivity contribution in [2.24, 2.45) is 0 Å². The summed E-state index contributed by atoms with van der Waals surface area (Å²) >= 11 is 0. The Balaban J connectivity index is 1.49. The number of aryl methyl sites for hydroxylation is 2. The van der Waals surface area contributed by atoms with Crippen molar-refractivity contribution in [1.82, 2.24) is 5.32 Å². The molecule has 3 aromatic rings. The van der Waals surface area contributed by atoms with Gasteiger partial charge in [-0.25, -0.2) is 0 Å². The van der Waals surface area contributed by atoms with Gasteiger partial charge in [0.15, 0.2) is 0 Å². The lowest BCUT2D eigenvalue weighted by atomic mass is 10.1. The molecule has 0 spiro atoms. The second kappa shape index (κ2) is 8.90. The largest absolute Gasteiger partial charge is 0.467 e. The minimum Gasteiger partial charge on any atom is -0.467 e. The van der Waals surface area contributed by atoms with E-state index >= 15 is 0 Å². The van der Waals surface area contributed by atoms with E-state index in [0.29, 0.717) is 23.6 Å². The van der Waals surface area contributed by atoms with Crippen molar-refractivity contribution < 1.29 is 14.0 Å². The molecule has 1 heterocycles. The average Bonchev–Trinajstić information content (AvgIpc) is 3.18. The van der Waals surface area contributed by atoms with E-state index in [4.69, 9.17) is 4.42 Å². The van der Waals surface area contributed by atoms with Gasteiger partial charge in [-0.1, -0.05) is 6.07 Å². The van der Waals surface area contributed by atoms with Crippen LogP contribution in [0.15, 0.2) is 65.3 Å². The Kier molecular flexibility index (Phi) is 6.11. The molecular weight excluding hydrogens is 354 g/mol. The molecule has 28 heavy (non-hydrogen) atoms. The number of hydrogen-bond acceptors (Lipinski definition) is 4. The highest BCUT2D eigenvalue weighted by molar-refractivity contribution is 5.96. The van der Waals surface area contributed by atoms with E-state index < -0.39 is 0 Å². The van der Waals surface area contributed by atoms with Crippen LogP contribution in [-0.2, 0) is 11.3 Å². The minimum absolute atomic E-state index is 0.158. The Morgan fingerprint density at radius 1 is 0.929 bits per heavy atom. The molecule has 0 fully saturated rings. The van der Waals surface area contributed by atoms with Gasteiger partial charge in [0.25, 0.3) is 5.91 Å². The van der Waals surface area contributed by atoms with E-state index in [9.17, 15) is 9.59 Å².